The lowest BCUT2D eigenvalue weighted by atomic mass is 9.99. The van der Waals surface area contributed by atoms with Gasteiger partial charge in [-0.3, -0.25) is 9.59 Å². The normalized spacial score (nSPS) is 26.7. The molecule has 1 saturated carbocycles. The number of hydrogen-bond donors (Lipinski definition) is 0. The van der Waals surface area contributed by atoms with E-state index in [0.717, 1.165) is 45.3 Å². The van der Waals surface area contributed by atoms with Gasteiger partial charge >= 0.3 is 0 Å². The minimum absolute atomic E-state index is 0.0391. The van der Waals surface area contributed by atoms with Crippen molar-refractivity contribution in [2.24, 2.45) is 11.8 Å². The molecule has 2 amide bonds. The molecule has 2 atom stereocenters. The Bertz CT molecular complexity index is 607. The van der Waals surface area contributed by atoms with Gasteiger partial charge in [0.2, 0.25) is 11.8 Å². The van der Waals surface area contributed by atoms with Crippen molar-refractivity contribution in [3.05, 3.63) is 35.4 Å². The standard InChI is InChI=1S/C18H22N2O2/c21-17(19-8-3-4-9-19)15-11-16(15)18(22)20-10-7-13-5-1-2-6-14(13)12-20/h1-2,5-6,15-16H,3-4,7-12H2. The molecule has 2 fully saturated rings. The molecule has 4 heteroatoms. The van der Waals surface area contributed by atoms with Crippen LogP contribution in [0.5, 0.6) is 0 Å². The van der Waals surface area contributed by atoms with Gasteiger partial charge in [-0.15, -0.1) is 0 Å². The third-order valence-electron chi connectivity index (χ3n) is 5.28. The Hall–Kier alpha value is -1.84. The number of hydrogen-bond acceptors (Lipinski definition) is 2. The molecule has 0 aromatic heterocycles. The first-order valence-corrected chi connectivity index (χ1v) is 8.38. The fourth-order valence-corrected chi connectivity index (χ4v) is 3.83. The van der Waals surface area contributed by atoms with Gasteiger partial charge in [-0.25, -0.2) is 0 Å². The van der Waals surface area contributed by atoms with Gasteiger partial charge in [0.1, 0.15) is 0 Å². The Kier molecular flexibility index (Phi) is 3.40. The molecule has 116 valence electrons. The summed E-state index contributed by atoms with van der Waals surface area (Å²) in [5.41, 5.74) is 2.61. The molecule has 2 heterocycles. The van der Waals surface area contributed by atoms with E-state index in [1.165, 1.54) is 11.1 Å². The number of rotatable bonds is 2. The summed E-state index contributed by atoms with van der Waals surface area (Å²) in [4.78, 5) is 28.9. The first kappa shape index (κ1) is 13.8. The predicted molar refractivity (Wildman–Crippen MR) is 83.0 cm³/mol. The van der Waals surface area contributed by atoms with Crippen LogP contribution in [0.15, 0.2) is 24.3 Å². The fraction of sp³-hybridized carbons (Fsp3) is 0.556. The molecule has 0 N–H and O–H groups in total. The molecular formula is C18H22N2O2. The van der Waals surface area contributed by atoms with Crippen LogP contribution in [0.2, 0.25) is 0 Å². The highest BCUT2D eigenvalue weighted by Crippen LogP contribution is 2.42. The zero-order valence-electron chi connectivity index (χ0n) is 12.8. The van der Waals surface area contributed by atoms with Crippen molar-refractivity contribution in [3.8, 4) is 0 Å². The molecule has 2 aliphatic heterocycles. The maximum absolute atomic E-state index is 12.7. The summed E-state index contributed by atoms with van der Waals surface area (Å²) in [6, 6.07) is 8.34. The number of carbonyl (C=O) groups is 2. The van der Waals surface area contributed by atoms with E-state index in [1.54, 1.807) is 0 Å². The van der Waals surface area contributed by atoms with E-state index < -0.39 is 0 Å². The largest absolute Gasteiger partial charge is 0.342 e. The highest BCUT2D eigenvalue weighted by atomic mass is 16.2. The van der Waals surface area contributed by atoms with Crippen molar-refractivity contribution in [2.45, 2.75) is 32.2 Å². The highest BCUT2D eigenvalue weighted by Gasteiger charge is 2.51. The van der Waals surface area contributed by atoms with Crippen molar-refractivity contribution < 1.29 is 9.59 Å². The quantitative estimate of drug-likeness (QED) is 0.836. The lowest BCUT2D eigenvalue weighted by Crippen LogP contribution is -2.38. The second-order valence-corrected chi connectivity index (χ2v) is 6.76. The summed E-state index contributed by atoms with van der Waals surface area (Å²) in [6.07, 6.45) is 3.91. The first-order valence-electron chi connectivity index (χ1n) is 8.38. The van der Waals surface area contributed by atoms with Gasteiger partial charge in [0.15, 0.2) is 0 Å². The smallest absolute Gasteiger partial charge is 0.226 e. The molecule has 3 aliphatic rings. The van der Waals surface area contributed by atoms with Crippen molar-refractivity contribution in [1.29, 1.82) is 0 Å². The van der Waals surface area contributed by atoms with Crippen molar-refractivity contribution in [2.75, 3.05) is 19.6 Å². The Morgan fingerprint density at radius 2 is 1.50 bits per heavy atom. The summed E-state index contributed by atoms with van der Waals surface area (Å²) < 4.78 is 0. The molecule has 1 aliphatic carbocycles. The Balaban J connectivity index is 1.39. The Morgan fingerprint density at radius 1 is 0.864 bits per heavy atom. The molecule has 0 spiro atoms. The third kappa shape index (κ3) is 2.40. The molecular weight excluding hydrogens is 276 g/mol. The Labute approximate surface area is 131 Å². The van der Waals surface area contributed by atoms with Crippen molar-refractivity contribution in [1.82, 2.24) is 9.80 Å². The number of amides is 2. The average molecular weight is 298 g/mol. The lowest BCUT2D eigenvalue weighted by molar-refractivity contribution is -0.138. The number of carbonyl (C=O) groups excluding carboxylic acids is 2. The minimum atomic E-state index is -0.0571. The molecule has 1 aromatic rings. The van der Waals surface area contributed by atoms with Crippen LogP contribution < -0.4 is 0 Å². The van der Waals surface area contributed by atoms with Gasteiger partial charge in [-0.1, -0.05) is 24.3 Å². The SMILES string of the molecule is O=C(C1CC1C(=O)N1CCc2ccccc2C1)N1CCCC1. The van der Waals surface area contributed by atoms with Crippen LogP contribution in [0.3, 0.4) is 0 Å². The molecule has 2 unspecified atom stereocenters. The second kappa shape index (κ2) is 5.41. The van der Waals surface area contributed by atoms with Crippen LogP contribution in [0, 0.1) is 11.8 Å². The fourth-order valence-electron chi connectivity index (χ4n) is 3.83. The molecule has 1 aromatic carbocycles. The summed E-state index contributed by atoms with van der Waals surface area (Å²) in [5, 5.41) is 0. The lowest BCUT2D eigenvalue weighted by Gasteiger charge is -2.29. The van der Waals surface area contributed by atoms with Gasteiger partial charge < -0.3 is 9.80 Å². The highest BCUT2D eigenvalue weighted by molar-refractivity contribution is 5.92. The number of benzene rings is 1. The van der Waals surface area contributed by atoms with Crippen LogP contribution >= 0.6 is 0 Å². The van der Waals surface area contributed by atoms with Crippen LogP contribution in [0.25, 0.3) is 0 Å². The van der Waals surface area contributed by atoms with Gasteiger partial charge in [0.25, 0.3) is 0 Å². The van der Waals surface area contributed by atoms with E-state index in [0.29, 0.717) is 6.54 Å². The first-order chi connectivity index (χ1) is 10.7. The topological polar surface area (TPSA) is 40.6 Å². The number of fused-ring (bicyclic) bond motifs is 1. The van der Waals surface area contributed by atoms with E-state index in [4.69, 9.17) is 0 Å². The molecule has 0 bridgehead atoms. The maximum atomic E-state index is 12.7. The second-order valence-electron chi connectivity index (χ2n) is 6.76. The molecule has 1 saturated heterocycles. The zero-order chi connectivity index (χ0) is 15.1. The molecule has 22 heavy (non-hydrogen) atoms. The van der Waals surface area contributed by atoms with E-state index in [2.05, 4.69) is 18.2 Å². The van der Waals surface area contributed by atoms with Gasteiger partial charge in [-0.05, 0) is 36.8 Å². The van der Waals surface area contributed by atoms with E-state index >= 15 is 0 Å². The van der Waals surface area contributed by atoms with Crippen molar-refractivity contribution in [3.63, 3.8) is 0 Å². The maximum Gasteiger partial charge on any atom is 0.226 e. The molecule has 4 nitrogen and oxygen atoms in total. The summed E-state index contributed by atoms with van der Waals surface area (Å²) >= 11 is 0. The summed E-state index contributed by atoms with van der Waals surface area (Å²) in [7, 11) is 0. The van der Waals surface area contributed by atoms with E-state index in [9.17, 15) is 9.59 Å². The van der Waals surface area contributed by atoms with Crippen molar-refractivity contribution >= 4 is 11.8 Å². The summed E-state index contributed by atoms with van der Waals surface area (Å²) in [5.74, 6) is 0.307. The van der Waals surface area contributed by atoms with Gasteiger partial charge in [-0.2, -0.15) is 0 Å². The third-order valence-corrected chi connectivity index (χ3v) is 5.28. The van der Waals surface area contributed by atoms with Gasteiger partial charge in [0, 0.05) is 26.2 Å². The number of likely N-dealkylation sites (tertiary alicyclic amines) is 1. The molecule has 0 radical (unpaired) electrons. The van der Waals surface area contributed by atoms with Crippen LogP contribution in [0.1, 0.15) is 30.4 Å². The van der Waals surface area contributed by atoms with Crippen LogP contribution in [-0.2, 0) is 22.6 Å². The Morgan fingerprint density at radius 3 is 2.23 bits per heavy atom. The predicted octanol–water partition coefficient (Wildman–Crippen LogP) is 1.83. The monoisotopic (exact) mass is 298 g/mol. The van der Waals surface area contributed by atoms with Crippen LogP contribution in [-0.4, -0.2) is 41.2 Å². The molecule has 4 rings (SSSR count). The van der Waals surface area contributed by atoms with E-state index in [1.807, 2.05) is 15.9 Å². The zero-order valence-corrected chi connectivity index (χ0v) is 12.8. The van der Waals surface area contributed by atoms with Crippen LogP contribution in [0.4, 0.5) is 0 Å². The minimum Gasteiger partial charge on any atom is -0.342 e. The average Bonchev–Trinajstić information content (AvgIpc) is 3.17. The van der Waals surface area contributed by atoms with E-state index in [-0.39, 0.29) is 23.7 Å². The van der Waals surface area contributed by atoms with Gasteiger partial charge in [0.05, 0.1) is 11.8 Å². The summed E-state index contributed by atoms with van der Waals surface area (Å²) in [6.45, 7) is 3.26. The number of nitrogens with zero attached hydrogens (tertiary/aromatic N) is 2.